The quantitative estimate of drug-likeness (QED) is 0.152. The maximum Gasteiger partial charge on any atom is 0.164 e. The van der Waals surface area contributed by atoms with E-state index in [9.17, 15) is 0 Å². The van der Waals surface area contributed by atoms with Gasteiger partial charge in [0.25, 0.3) is 0 Å². The Morgan fingerprint density at radius 2 is 0.538 bits per heavy atom. The summed E-state index contributed by atoms with van der Waals surface area (Å²) in [6, 6.07) is 131. The summed E-state index contributed by atoms with van der Waals surface area (Å²) in [7, 11) is 0. The van der Waals surface area contributed by atoms with Gasteiger partial charge in [-0.1, -0.05) is 328 Å². The molecule has 4 aliphatic rings. The van der Waals surface area contributed by atoms with Gasteiger partial charge >= 0.3 is 0 Å². The van der Waals surface area contributed by atoms with Crippen LogP contribution in [-0.4, -0.2) is 24.9 Å². The number of hydrogen-bond acceptors (Lipinski definition) is 5. The van der Waals surface area contributed by atoms with Gasteiger partial charge in [-0.3, -0.25) is 0 Å². The molecule has 0 saturated carbocycles. The smallest absolute Gasteiger partial charge is 0.164 e. The molecule has 2 aromatic heterocycles. The van der Waals surface area contributed by atoms with E-state index in [1.807, 2.05) is 12.1 Å². The molecular formula is C99H59N5. The molecule has 16 aromatic carbocycles. The summed E-state index contributed by atoms with van der Waals surface area (Å²) < 4.78 is 0. The average Bonchev–Trinajstić information content (AvgIpc) is 1.51. The first-order valence-corrected chi connectivity index (χ1v) is 35.8. The van der Waals surface area contributed by atoms with Gasteiger partial charge in [0, 0.05) is 33.4 Å². The van der Waals surface area contributed by atoms with Gasteiger partial charge in [0.05, 0.1) is 22.2 Å². The second-order valence-corrected chi connectivity index (χ2v) is 28.0. The van der Waals surface area contributed by atoms with E-state index >= 15 is 0 Å². The largest absolute Gasteiger partial charge is 0.228 e. The van der Waals surface area contributed by atoms with Gasteiger partial charge in [0.1, 0.15) is 0 Å². The molecule has 0 N–H and O–H groups in total. The van der Waals surface area contributed by atoms with Gasteiger partial charge in [-0.2, -0.15) is 0 Å². The third kappa shape index (κ3) is 8.41. The number of fused-ring (bicyclic) bond motifs is 25. The molecule has 2 unspecified atom stereocenters. The fourth-order valence-corrected chi connectivity index (χ4v) is 18.3. The Hall–Kier alpha value is -13.6. The SMILES string of the molecule is c1ccc(-c2nc(-c3ccc4c(c3)-c3ccccc3C43c4ccccc4-c4c3ccc3ccc(-c5cccc(-c6ccc(-c7nc(-c8ccccc8)nc(-c8cccc9c8-c8ccccc8C98c9ccccc9-c9c8ccc8ccccc98)n7)cc6)c5)cc43)cc(-c3ccc4ccccc4c3)n2)cc1. The third-order valence-electron chi connectivity index (χ3n) is 22.8. The highest BCUT2D eigenvalue weighted by atomic mass is 15.0. The number of benzene rings is 16. The molecule has 0 bridgehead atoms. The summed E-state index contributed by atoms with van der Waals surface area (Å²) in [5.41, 5.74) is 31.3. The van der Waals surface area contributed by atoms with Crippen molar-refractivity contribution in [2.24, 2.45) is 0 Å². The summed E-state index contributed by atoms with van der Waals surface area (Å²) in [5.74, 6) is 2.57. The summed E-state index contributed by atoms with van der Waals surface area (Å²) in [6.07, 6.45) is 0. The van der Waals surface area contributed by atoms with Crippen LogP contribution < -0.4 is 0 Å². The molecule has 104 heavy (non-hydrogen) atoms. The second-order valence-electron chi connectivity index (χ2n) is 28.0. The average molecular weight is 1320 g/mol. The second kappa shape index (κ2) is 22.4. The van der Waals surface area contributed by atoms with E-state index in [0.717, 1.165) is 72.6 Å². The molecule has 18 aromatic rings. The van der Waals surface area contributed by atoms with Gasteiger partial charge in [-0.25, -0.2) is 24.9 Å². The number of nitrogens with zero attached hydrogens (tertiary/aromatic N) is 5. The Balaban J connectivity index is 0.628. The zero-order chi connectivity index (χ0) is 68.2. The van der Waals surface area contributed by atoms with Crippen LogP contribution in [0, 0.1) is 0 Å². The molecule has 5 nitrogen and oxygen atoms in total. The van der Waals surface area contributed by atoms with Crippen molar-refractivity contribution in [3.63, 3.8) is 0 Å². The van der Waals surface area contributed by atoms with Crippen molar-refractivity contribution >= 4 is 32.3 Å². The standard InChI is InChI=1S/C99H59N5/c1-3-23-64(24-4-1)94-100-89(71-48-43-60-21-7-8-27-67(60)56-71)59-90(101-94)72-51-52-85-80(58-72)74-31-11-15-36-81(74)98(85)82-37-16-14-34-77(82)93-79-57-70(47-44-63(79)50-54-88(93)98)69-29-19-28-68(55-69)61-41-45-66(46-42-61)96-102-95(65-25-5-2-6-26-65)103-97(104-96)78-35-20-40-86-92(78)76-33-13-18-39-84(76)99(86)83-38-17-12-32-75(83)91-73-30-10-9-22-62(73)49-53-87(91)99/h1-59H. The van der Waals surface area contributed by atoms with E-state index in [2.05, 4.69) is 346 Å². The highest BCUT2D eigenvalue weighted by Crippen LogP contribution is 2.66. The molecule has 4 aliphatic carbocycles. The van der Waals surface area contributed by atoms with Crippen molar-refractivity contribution in [3.8, 4) is 135 Å². The fourth-order valence-electron chi connectivity index (χ4n) is 18.3. The molecule has 2 spiro atoms. The van der Waals surface area contributed by atoms with Crippen LogP contribution in [0.3, 0.4) is 0 Å². The molecule has 0 radical (unpaired) electrons. The topological polar surface area (TPSA) is 64.5 Å². The van der Waals surface area contributed by atoms with Gasteiger partial charge in [0.2, 0.25) is 0 Å². The van der Waals surface area contributed by atoms with Crippen LogP contribution in [0.25, 0.3) is 167 Å². The summed E-state index contributed by atoms with van der Waals surface area (Å²) >= 11 is 0. The van der Waals surface area contributed by atoms with Crippen molar-refractivity contribution in [1.29, 1.82) is 0 Å². The van der Waals surface area contributed by atoms with E-state index < -0.39 is 10.8 Å². The van der Waals surface area contributed by atoms with Crippen molar-refractivity contribution in [2.75, 3.05) is 0 Å². The lowest BCUT2D eigenvalue weighted by molar-refractivity contribution is 0.794. The third-order valence-corrected chi connectivity index (χ3v) is 22.8. The highest BCUT2D eigenvalue weighted by molar-refractivity contribution is 6.10. The maximum atomic E-state index is 5.48. The molecule has 22 rings (SSSR count). The zero-order valence-electron chi connectivity index (χ0n) is 56.3. The number of hydrogen-bond donors (Lipinski definition) is 0. The lowest BCUT2D eigenvalue weighted by atomic mass is 9.70. The first-order chi connectivity index (χ1) is 51.5. The molecule has 0 fully saturated rings. The first kappa shape index (κ1) is 58.2. The van der Waals surface area contributed by atoms with Crippen LogP contribution in [0.4, 0.5) is 0 Å². The first-order valence-electron chi connectivity index (χ1n) is 35.8. The lowest BCUT2D eigenvalue weighted by Crippen LogP contribution is -2.25. The molecule has 0 saturated heterocycles. The molecule has 2 heterocycles. The van der Waals surface area contributed by atoms with Gasteiger partial charge < -0.3 is 0 Å². The molecular weight excluding hydrogens is 1260 g/mol. The zero-order valence-corrected chi connectivity index (χ0v) is 56.3. The molecule has 2 atom stereocenters. The highest BCUT2D eigenvalue weighted by Gasteiger charge is 2.54. The summed E-state index contributed by atoms with van der Waals surface area (Å²) in [5, 5.41) is 7.32. The minimum absolute atomic E-state index is 0.543. The van der Waals surface area contributed by atoms with Crippen molar-refractivity contribution in [3.05, 3.63) is 402 Å². The van der Waals surface area contributed by atoms with Crippen LogP contribution in [0.1, 0.15) is 44.5 Å². The van der Waals surface area contributed by atoms with E-state index in [1.54, 1.807) is 0 Å². The van der Waals surface area contributed by atoms with E-state index in [1.165, 1.54) is 116 Å². The predicted octanol–water partition coefficient (Wildman–Crippen LogP) is 24.1. The molecule has 480 valence electrons. The Morgan fingerprint density at radius 1 is 0.163 bits per heavy atom. The minimum Gasteiger partial charge on any atom is -0.228 e. The monoisotopic (exact) mass is 1320 g/mol. The van der Waals surface area contributed by atoms with Crippen LogP contribution in [0.2, 0.25) is 0 Å². The Bertz CT molecular complexity index is 6680. The molecule has 0 amide bonds. The van der Waals surface area contributed by atoms with Crippen LogP contribution in [-0.2, 0) is 10.8 Å². The lowest BCUT2D eigenvalue weighted by Gasteiger charge is -2.30. The summed E-state index contributed by atoms with van der Waals surface area (Å²) in [6.45, 7) is 0. The Kier molecular flexibility index (Phi) is 12.6. The number of aromatic nitrogens is 5. The summed E-state index contributed by atoms with van der Waals surface area (Å²) in [4.78, 5) is 26.7. The van der Waals surface area contributed by atoms with Crippen LogP contribution >= 0.6 is 0 Å². The Morgan fingerprint density at radius 3 is 1.21 bits per heavy atom. The van der Waals surface area contributed by atoms with Crippen molar-refractivity contribution in [2.45, 2.75) is 10.8 Å². The van der Waals surface area contributed by atoms with Crippen LogP contribution in [0.5, 0.6) is 0 Å². The van der Waals surface area contributed by atoms with E-state index in [4.69, 9.17) is 24.9 Å². The van der Waals surface area contributed by atoms with Crippen molar-refractivity contribution in [1.82, 2.24) is 24.9 Å². The molecule has 5 heteroatoms. The predicted molar refractivity (Wildman–Crippen MR) is 424 cm³/mol. The van der Waals surface area contributed by atoms with E-state index in [-0.39, 0.29) is 0 Å². The molecule has 0 aliphatic heterocycles. The van der Waals surface area contributed by atoms with Gasteiger partial charge in [-0.15, -0.1) is 0 Å². The van der Waals surface area contributed by atoms with Gasteiger partial charge in [-0.05, 0) is 174 Å². The number of rotatable bonds is 8. The maximum absolute atomic E-state index is 5.48. The van der Waals surface area contributed by atoms with E-state index in [0.29, 0.717) is 23.3 Å². The van der Waals surface area contributed by atoms with Crippen LogP contribution in [0.15, 0.2) is 358 Å². The van der Waals surface area contributed by atoms with Crippen molar-refractivity contribution < 1.29 is 0 Å². The Labute approximate surface area is 601 Å². The normalized spacial score (nSPS) is 15.2. The van der Waals surface area contributed by atoms with Gasteiger partial charge in [0.15, 0.2) is 23.3 Å². The fraction of sp³-hybridized carbons (Fsp3) is 0.0202. The minimum atomic E-state index is -0.556.